The van der Waals surface area contributed by atoms with E-state index >= 15 is 0 Å². The summed E-state index contributed by atoms with van der Waals surface area (Å²) in [6.07, 6.45) is 6.89. The number of halogens is 2. The summed E-state index contributed by atoms with van der Waals surface area (Å²) >= 11 is 14.5. The van der Waals surface area contributed by atoms with Crippen LogP contribution in [0.5, 0.6) is 5.75 Å². The van der Waals surface area contributed by atoms with Gasteiger partial charge in [0.1, 0.15) is 29.6 Å². The SMILES string of the molecule is Cc1ncsc1-c1ccc([C@H](C)NC(=O)[C@@H]2C[C@@H](O)CN2C(=O)[C@@H](NC(=O)CC2(CNC(=O)c3ccc(-c4nn(C5CCCCO5)c5ccc(O[C@H](C)c6c(Cl)cncc6Cl)cc45)cc3)CCC2)C(C)(C)C)cc1. The molecule has 0 radical (unpaired) electrons. The second-order valence-corrected chi connectivity index (χ2v) is 22.9. The zero-order valence-electron chi connectivity index (χ0n) is 42.6. The monoisotopic (exact) mass is 1060 g/mol. The standard InChI is InChI=1S/C56H64Cl2N8O7S/c1-32(35-11-15-37(16-12-35)50-33(2)61-31-74-50)62-53(70)45-24-39(67)29-65(45)54(71)51(55(4,5)6)63-46(68)26-56(21-9-22-56)30-60-52(69)38-17-13-36(14-18-38)49-41-25-40(73-34(3)48-42(57)27-59-28-43(48)58)19-20-44(41)66(64-49)47-10-7-8-23-72-47/h11-20,25,27-28,31-32,34,39,45,47,51,67H,7-10,21-24,26,29-30H2,1-6H3,(H,60,69)(H,62,70)(H,63,68)/t32-,34+,39+,45-,47?,51+/m0/s1. The number of likely N-dealkylation sites (tertiary alicyclic amines) is 1. The molecular weight excluding hydrogens is 1000 g/mol. The molecule has 1 aliphatic carbocycles. The van der Waals surface area contributed by atoms with E-state index in [-0.39, 0.29) is 55.9 Å². The summed E-state index contributed by atoms with van der Waals surface area (Å²) in [5.74, 6) is -0.797. The van der Waals surface area contributed by atoms with Crippen LogP contribution in [0, 0.1) is 17.8 Å². The number of aryl methyl sites for hydroxylation is 1. The lowest BCUT2D eigenvalue weighted by atomic mass is 9.66. The highest BCUT2D eigenvalue weighted by Gasteiger charge is 2.46. The second kappa shape index (κ2) is 22.1. The van der Waals surface area contributed by atoms with Crippen molar-refractivity contribution in [3.05, 3.63) is 117 Å². The van der Waals surface area contributed by atoms with Gasteiger partial charge < -0.3 is 35.4 Å². The molecule has 18 heteroatoms. The van der Waals surface area contributed by atoms with Crippen LogP contribution in [0.4, 0.5) is 0 Å². The number of hydrogen-bond donors (Lipinski definition) is 4. The van der Waals surface area contributed by atoms with Crippen LogP contribution >= 0.6 is 34.5 Å². The summed E-state index contributed by atoms with van der Waals surface area (Å²) < 4.78 is 14.5. The predicted octanol–water partition coefficient (Wildman–Crippen LogP) is 10.3. The highest BCUT2D eigenvalue weighted by molar-refractivity contribution is 7.13. The van der Waals surface area contributed by atoms with Crippen LogP contribution in [0.25, 0.3) is 32.6 Å². The zero-order chi connectivity index (χ0) is 52.5. The average molecular weight is 1060 g/mol. The fourth-order valence-corrected chi connectivity index (χ4v) is 11.9. The van der Waals surface area contributed by atoms with Gasteiger partial charge in [-0.25, -0.2) is 9.67 Å². The van der Waals surface area contributed by atoms with Crippen molar-refractivity contribution in [3.63, 3.8) is 0 Å². The number of amides is 4. The Hall–Kier alpha value is -5.91. The Morgan fingerprint density at radius 3 is 2.30 bits per heavy atom. The maximum absolute atomic E-state index is 14.5. The van der Waals surface area contributed by atoms with Gasteiger partial charge in [0.05, 0.1) is 43.8 Å². The largest absolute Gasteiger partial charge is 0.486 e. The molecule has 3 aliphatic rings. The van der Waals surface area contributed by atoms with Crippen LogP contribution < -0.4 is 20.7 Å². The van der Waals surface area contributed by atoms with Crippen molar-refractivity contribution in [1.82, 2.24) is 40.6 Å². The summed E-state index contributed by atoms with van der Waals surface area (Å²) in [4.78, 5) is 67.0. The summed E-state index contributed by atoms with van der Waals surface area (Å²) in [7, 11) is 0. The summed E-state index contributed by atoms with van der Waals surface area (Å²) in [6.45, 7) is 12.2. The van der Waals surface area contributed by atoms with Gasteiger partial charge in [-0.15, -0.1) is 11.3 Å². The Bertz CT molecular complexity index is 3000. The third-order valence-electron chi connectivity index (χ3n) is 14.8. The van der Waals surface area contributed by atoms with Gasteiger partial charge >= 0.3 is 0 Å². The number of hydrogen-bond acceptors (Lipinski definition) is 11. The number of ether oxygens (including phenoxy) is 2. The van der Waals surface area contributed by atoms with Gasteiger partial charge in [-0.05, 0) is 105 Å². The number of benzene rings is 3. The van der Waals surface area contributed by atoms with E-state index in [2.05, 4.69) is 25.9 Å². The Labute approximate surface area is 445 Å². The van der Waals surface area contributed by atoms with Crippen molar-refractivity contribution in [1.29, 1.82) is 0 Å². The summed E-state index contributed by atoms with van der Waals surface area (Å²) in [5, 5.41) is 26.8. The van der Waals surface area contributed by atoms with E-state index < -0.39 is 41.0 Å². The number of nitrogens with one attached hydrogen (secondary N) is 3. The lowest BCUT2D eigenvalue weighted by molar-refractivity contribution is -0.144. The first-order valence-electron chi connectivity index (χ1n) is 25.4. The molecule has 0 bridgehead atoms. The maximum Gasteiger partial charge on any atom is 0.251 e. The van der Waals surface area contributed by atoms with E-state index in [1.807, 2.05) is 106 Å². The lowest BCUT2D eigenvalue weighted by Crippen LogP contribution is -2.58. The molecule has 5 heterocycles. The zero-order valence-corrected chi connectivity index (χ0v) is 45.0. The fraction of sp³-hybridized carbons (Fsp3) is 0.446. The van der Waals surface area contributed by atoms with E-state index in [1.54, 1.807) is 35.9 Å². The molecule has 6 aromatic rings. The molecule has 1 saturated carbocycles. The molecule has 4 N–H and O–H groups in total. The van der Waals surface area contributed by atoms with Gasteiger partial charge in [0.15, 0.2) is 6.23 Å². The highest BCUT2D eigenvalue weighted by atomic mass is 35.5. The van der Waals surface area contributed by atoms with Gasteiger partial charge in [0.2, 0.25) is 17.7 Å². The molecule has 3 aromatic heterocycles. The minimum atomic E-state index is -0.979. The van der Waals surface area contributed by atoms with Crippen LogP contribution in [0.3, 0.4) is 0 Å². The van der Waals surface area contributed by atoms with Crippen molar-refractivity contribution in [2.75, 3.05) is 19.7 Å². The highest BCUT2D eigenvalue weighted by Crippen LogP contribution is 2.44. The minimum absolute atomic E-state index is 0.0299. The maximum atomic E-state index is 14.5. The molecule has 3 aromatic carbocycles. The number of thiazole rings is 1. The van der Waals surface area contributed by atoms with Crippen LogP contribution in [0.2, 0.25) is 10.0 Å². The second-order valence-electron chi connectivity index (χ2n) is 21.2. The van der Waals surface area contributed by atoms with Gasteiger partial charge in [0, 0.05) is 67.0 Å². The first kappa shape index (κ1) is 52.9. The molecule has 1 unspecified atom stereocenters. The number of aliphatic hydroxyl groups is 1. The molecule has 74 heavy (non-hydrogen) atoms. The average Bonchev–Trinajstić information content (AvgIpc) is 4.10. The van der Waals surface area contributed by atoms with Crippen LogP contribution in [0.1, 0.15) is 132 Å². The number of carbonyl (C=O) groups is 4. The molecule has 2 aliphatic heterocycles. The van der Waals surface area contributed by atoms with E-state index in [1.165, 1.54) is 4.90 Å². The Morgan fingerprint density at radius 1 is 0.946 bits per heavy atom. The molecule has 390 valence electrons. The molecule has 6 atom stereocenters. The molecular formula is C56H64Cl2N8O7S. The van der Waals surface area contributed by atoms with Gasteiger partial charge in [-0.3, -0.25) is 24.2 Å². The number of aromatic nitrogens is 4. The predicted molar refractivity (Wildman–Crippen MR) is 287 cm³/mol. The number of carbonyl (C=O) groups excluding carboxylic acids is 4. The van der Waals surface area contributed by atoms with Gasteiger partial charge in [-0.1, -0.05) is 86.8 Å². The minimum Gasteiger partial charge on any atom is -0.486 e. The molecule has 9 rings (SSSR count). The number of pyridine rings is 1. The topological polar surface area (TPSA) is 190 Å². The van der Waals surface area contributed by atoms with Crippen molar-refractivity contribution in [2.24, 2.45) is 10.8 Å². The summed E-state index contributed by atoms with van der Waals surface area (Å²) in [5.41, 5.74) is 6.98. The molecule has 3 fully saturated rings. The van der Waals surface area contributed by atoms with E-state index in [0.29, 0.717) is 39.2 Å². The Kier molecular flexibility index (Phi) is 15.8. The first-order valence-corrected chi connectivity index (χ1v) is 27.1. The lowest BCUT2D eigenvalue weighted by Gasteiger charge is -2.42. The third-order valence-corrected chi connectivity index (χ3v) is 16.4. The summed E-state index contributed by atoms with van der Waals surface area (Å²) in [6, 6.07) is 18.8. The first-order chi connectivity index (χ1) is 35.4. The van der Waals surface area contributed by atoms with Crippen molar-refractivity contribution in [3.8, 4) is 27.4 Å². The fourth-order valence-electron chi connectivity index (χ4n) is 10.4. The number of rotatable bonds is 16. The quantitative estimate of drug-likeness (QED) is 0.0726. The smallest absolute Gasteiger partial charge is 0.251 e. The Balaban J connectivity index is 0.839. The Morgan fingerprint density at radius 2 is 1.66 bits per heavy atom. The number of nitrogens with zero attached hydrogens (tertiary/aromatic N) is 5. The molecule has 15 nitrogen and oxygen atoms in total. The van der Waals surface area contributed by atoms with Crippen molar-refractivity contribution >= 4 is 69.1 Å². The van der Waals surface area contributed by atoms with Crippen LogP contribution in [0.15, 0.2) is 84.6 Å². The van der Waals surface area contributed by atoms with E-state index in [0.717, 1.165) is 76.7 Å². The third kappa shape index (κ3) is 11.5. The van der Waals surface area contributed by atoms with Crippen molar-refractivity contribution in [2.45, 2.75) is 129 Å². The van der Waals surface area contributed by atoms with Crippen molar-refractivity contribution < 1.29 is 33.8 Å². The molecule has 0 spiro atoms. The van der Waals surface area contributed by atoms with Gasteiger partial charge in [-0.2, -0.15) is 5.10 Å². The number of fused-ring (bicyclic) bond motifs is 1. The van der Waals surface area contributed by atoms with E-state index in [4.69, 9.17) is 37.8 Å². The normalized spacial score (nSPS) is 19.8. The van der Waals surface area contributed by atoms with Crippen LogP contribution in [-0.2, 0) is 19.1 Å². The number of β-amino-alcohol motifs (C(OH)–C–C–N with tert-alkyl or cyclic N) is 1. The van der Waals surface area contributed by atoms with Crippen LogP contribution in [-0.4, -0.2) is 91.3 Å². The molecule has 2 saturated heterocycles. The number of aliphatic hydroxyl groups excluding tert-OH is 1. The van der Waals surface area contributed by atoms with Gasteiger partial charge in [0.25, 0.3) is 5.91 Å². The molecule has 4 amide bonds. The van der Waals surface area contributed by atoms with E-state index in [9.17, 15) is 24.3 Å².